The summed E-state index contributed by atoms with van der Waals surface area (Å²) in [5.74, 6) is 0.138. The van der Waals surface area contributed by atoms with Crippen molar-refractivity contribution in [3.63, 3.8) is 0 Å². The molecule has 1 aromatic heterocycles. The number of H-pyrrole nitrogens is 1. The van der Waals surface area contributed by atoms with E-state index in [2.05, 4.69) is 20.1 Å². The predicted octanol–water partition coefficient (Wildman–Crippen LogP) is 3.13. The maximum Gasteiger partial charge on any atom is 0.573 e. The molecule has 3 aromatic rings. The van der Waals surface area contributed by atoms with Crippen LogP contribution >= 0.6 is 0 Å². The van der Waals surface area contributed by atoms with Crippen LogP contribution in [0.2, 0.25) is 0 Å². The number of aromatic nitrogens is 3. The number of nitrogens with one attached hydrogen (secondary N) is 2. The Morgan fingerprint density at radius 3 is 2.42 bits per heavy atom. The topological polar surface area (TPSA) is 71.9 Å². The fourth-order valence-electron chi connectivity index (χ4n) is 2.30. The van der Waals surface area contributed by atoms with E-state index in [1.807, 2.05) is 30.3 Å². The van der Waals surface area contributed by atoms with Crippen LogP contribution in [-0.2, 0) is 13.1 Å². The first-order valence-electron chi connectivity index (χ1n) is 7.69. The minimum Gasteiger partial charge on any atom is -0.406 e. The van der Waals surface area contributed by atoms with Crippen LogP contribution in [0.3, 0.4) is 0 Å². The molecule has 3 rings (SSSR count). The van der Waals surface area contributed by atoms with E-state index >= 15 is 0 Å². The van der Waals surface area contributed by atoms with Gasteiger partial charge in [0, 0.05) is 5.69 Å². The van der Waals surface area contributed by atoms with Gasteiger partial charge in [-0.1, -0.05) is 30.3 Å². The lowest BCUT2D eigenvalue weighted by Crippen LogP contribution is -2.19. The molecule has 0 radical (unpaired) electrons. The van der Waals surface area contributed by atoms with Gasteiger partial charge < -0.3 is 10.1 Å². The molecule has 6 nitrogen and oxygen atoms in total. The first-order chi connectivity index (χ1) is 12.4. The Bertz CT molecular complexity index is 902. The average molecular weight is 364 g/mol. The third-order valence-electron chi connectivity index (χ3n) is 3.45. The smallest absolute Gasteiger partial charge is 0.406 e. The summed E-state index contributed by atoms with van der Waals surface area (Å²) < 4.78 is 41.5. The van der Waals surface area contributed by atoms with Gasteiger partial charge in [0.15, 0.2) is 0 Å². The van der Waals surface area contributed by atoms with Crippen molar-refractivity contribution < 1.29 is 17.9 Å². The van der Waals surface area contributed by atoms with E-state index in [1.54, 1.807) is 0 Å². The second-order valence-corrected chi connectivity index (χ2v) is 5.45. The van der Waals surface area contributed by atoms with Gasteiger partial charge in [0.1, 0.15) is 11.6 Å². The van der Waals surface area contributed by atoms with E-state index < -0.39 is 12.1 Å². The maximum atomic E-state index is 12.2. The fourth-order valence-corrected chi connectivity index (χ4v) is 2.30. The van der Waals surface area contributed by atoms with Crippen LogP contribution in [0.1, 0.15) is 11.4 Å². The second-order valence-electron chi connectivity index (χ2n) is 5.45. The van der Waals surface area contributed by atoms with Crippen molar-refractivity contribution in [2.75, 3.05) is 5.32 Å². The number of hydrogen-bond donors (Lipinski definition) is 2. The highest BCUT2D eigenvalue weighted by Crippen LogP contribution is 2.22. The number of rotatable bonds is 6. The average Bonchev–Trinajstić information content (AvgIpc) is 2.94. The lowest BCUT2D eigenvalue weighted by Gasteiger charge is -2.09. The van der Waals surface area contributed by atoms with Crippen molar-refractivity contribution in [3.8, 4) is 5.75 Å². The minimum absolute atomic E-state index is 0.132. The summed E-state index contributed by atoms with van der Waals surface area (Å²) in [5.41, 5.74) is 1.12. The summed E-state index contributed by atoms with van der Waals surface area (Å²) in [5, 5.41) is 7.30. The Balaban J connectivity index is 1.63. The lowest BCUT2D eigenvalue weighted by molar-refractivity contribution is -0.274. The summed E-state index contributed by atoms with van der Waals surface area (Å²) in [6.45, 7) is 0.470. The molecule has 26 heavy (non-hydrogen) atoms. The van der Waals surface area contributed by atoms with Crippen LogP contribution in [0, 0.1) is 0 Å². The highest BCUT2D eigenvalue weighted by atomic mass is 19.4. The fraction of sp³-hybridized carbons (Fsp3) is 0.176. The molecule has 0 aliphatic carbocycles. The summed E-state index contributed by atoms with van der Waals surface area (Å²) in [4.78, 5) is 14.6. The third-order valence-corrected chi connectivity index (χ3v) is 3.45. The normalized spacial score (nSPS) is 11.3. The zero-order chi connectivity index (χ0) is 18.6. The molecule has 0 aliphatic heterocycles. The van der Waals surface area contributed by atoms with Crippen molar-refractivity contribution in [1.82, 2.24) is 14.8 Å². The summed E-state index contributed by atoms with van der Waals surface area (Å²) in [6.07, 6.45) is -4.73. The van der Waals surface area contributed by atoms with Crippen molar-refractivity contribution in [2.45, 2.75) is 19.5 Å². The first-order valence-corrected chi connectivity index (χ1v) is 7.69. The molecular formula is C17H15F3N4O2. The first kappa shape index (κ1) is 17.6. The van der Waals surface area contributed by atoms with Gasteiger partial charge in [-0.25, -0.2) is 9.48 Å². The van der Waals surface area contributed by atoms with Crippen molar-refractivity contribution >= 4 is 5.69 Å². The van der Waals surface area contributed by atoms with E-state index in [9.17, 15) is 18.0 Å². The van der Waals surface area contributed by atoms with E-state index in [1.165, 1.54) is 28.9 Å². The second kappa shape index (κ2) is 7.34. The molecule has 0 fully saturated rings. The van der Waals surface area contributed by atoms with Gasteiger partial charge in [-0.3, -0.25) is 4.98 Å². The summed E-state index contributed by atoms with van der Waals surface area (Å²) in [7, 11) is 0. The molecule has 2 aromatic carbocycles. The lowest BCUT2D eigenvalue weighted by atomic mass is 10.2. The summed E-state index contributed by atoms with van der Waals surface area (Å²) in [6, 6.07) is 14.7. The van der Waals surface area contributed by atoms with Gasteiger partial charge >= 0.3 is 12.1 Å². The molecule has 0 saturated carbocycles. The number of ether oxygens (including phenoxy) is 1. The Morgan fingerprint density at radius 2 is 1.77 bits per heavy atom. The highest BCUT2D eigenvalue weighted by Gasteiger charge is 2.30. The summed E-state index contributed by atoms with van der Waals surface area (Å²) >= 11 is 0. The van der Waals surface area contributed by atoms with Gasteiger partial charge in [0.05, 0.1) is 13.1 Å². The van der Waals surface area contributed by atoms with Crippen LogP contribution in [-0.4, -0.2) is 21.1 Å². The minimum atomic E-state index is -4.73. The predicted molar refractivity (Wildman–Crippen MR) is 88.8 cm³/mol. The highest BCUT2D eigenvalue weighted by molar-refractivity contribution is 5.42. The van der Waals surface area contributed by atoms with Crippen molar-refractivity contribution in [2.24, 2.45) is 0 Å². The maximum absolute atomic E-state index is 12.2. The number of hydrogen-bond acceptors (Lipinski definition) is 4. The molecule has 0 saturated heterocycles. The SMILES string of the molecule is O=c1[nH]c(CNc2ccccc2)nn1Cc1ccc(OC(F)(F)F)cc1. The molecule has 1 heterocycles. The molecule has 0 unspecified atom stereocenters. The van der Waals surface area contributed by atoms with Gasteiger partial charge in [0.25, 0.3) is 0 Å². The van der Waals surface area contributed by atoms with Gasteiger partial charge in [-0.2, -0.15) is 5.10 Å². The number of aromatic amines is 1. The van der Waals surface area contributed by atoms with Crippen LogP contribution in [0.15, 0.2) is 59.4 Å². The zero-order valence-corrected chi connectivity index (χ0v) is 13.5. The van der Waals surface area contributed by atoms with Crippen LogP contribution in [0.5, 0.6) is 5.75 Å². The molecule has 0 amide bonds. The Kier molecular flexibility index (Phi) is 4.97. The van der Waals surface area contributed by atoms with Crippen LogP contribution in [0.4, 0.5) is 18.9 Å². The Morgan fingerprint density at radius 1 is 1.08 bits per heavy atom. The van der Waals surface area contributed by atoms with E-state index in [0.29, 0.717) is 17.9 Å². The third kappa shape index (κ3) is 4.88. The zero-order valence-electron chi connectivity index (χ0n) is 13.5. The van der Waals surface area contributed by atoms with Gasteiger partial charge in [-0.15, -0.1) is 13.2 Å². The molecular weight excluding hydrogens is 349 g/mol. The standard InChI is InChI=1S/C17H15F3N4O2/c18-17(19,20)26-14-8-6-12(7-9-14)11-24-16(25)22-15(23-24)10-21-13-4-2-1-3-5-13/h1-9,21H,10-11H2,(H,22,23,25). The van der Waals surface area contributed by atoms with Crippen LogP contribution < -0.4 is 15.7 Å². The van der Waals surface area contributed by atoms with E-state index in [-0.39, 0.29) is 12.3 Å². The molecule has 0 bridgehead atoms. The molecule has 0 aliphatic rings. The molecule has 9 heteroatoms. The molecule has 0 spiro atoms. The van der Waals surface area contributed by atoms with E-state index in [0.717, 1.165) is 5.69 Å². The monoisotopic (exact) mass is 364 g/mol. The van der Waals surface area contributed by atoms with Crippen LogP contribution in [0.25, 0.3) is 0 Å². The van der Waals surface area contributed by atoms with Crippen molar-refractivity contribution in [3.05, 3.63) is 76.5 Å². The van der Waals surface area contributed by atoms with Crippen molar-refractivity contribution in [1.29, 1.82) is 0 Å². The Hall–Kier alpha value is -3.23. The number of anilines is 1. The number of benzene rings is 2. The number of nitrogens with zero attached hydrogens (tertiary/aromatic N) is 2. The Labute approximate surface area is 146 Å². The molecule has 136 valence electrons. The largest absolute Gasteiger partial charge is 0.573 e. The molecule has 0 atom stereocenters. The number of para-hydroxylation sites is 1. The van der Waals surface area contributed by atoms with Gasteiger partial charge in [0.2, 0.25) is 0 Å². The number of halogens is 3. The molecule has 2 N–H and O–H groups in total. The van der Waals surface area contributed by atoms with Gasteiger partial charge in [-0.05, 0) is 29.8 Å². The quantitative estimate of drug-likeness (QED) is 0.705. The van der Waals surface area contributed by atoms with E-state index in [4.69, 9.17) is 0 Å². The number of alkyl halides is 3.